The van der Waals surface area contributed by atoms with E-state index in [4.69, 9.17) is 15.2 Å². The minimum Gasteiger partial charge on any atom is -0.493 e. The van der Waals surface area contributed by atoms with Crippen molar-refractivity contribution in [2.24, 2.45) is 5.73 Å². The van der Waals surface area contributed by atoms with Crippen LogP contribution in [0.2, 0.25) is 0 Å². The Morgan fingerprint density at radius 2 is 1.78 bits per heavy atom. The standard InChI is InChI=1S/C12H19NO4S/c1-8(13)7-9-5-6-10(18(4,14)15)12(17-3)11(9)16-2/h5-6,8H,7,13H2,1-4H3. The summed E-state index contributed by atoms with van der Waals surface area (Å²) in [6, 6.07) is 3.18. The molecular weight excluding hydrogens is 254 g/mol. The van der Waals surface area contributed by atoms with Crippen LogP contribution in [0.4, 0.5) is 0 Å². The Morgan fingerprint density at radius 1 is 1.22 bits per heavy atom. The van der Waals surface area contributed by atoms with Gasteiger partial charge >= 0.3 is 0 Å². The molecule has 0 aliphatic heterocycles. The number of ether oxygens (including phenoxy) is 2. The van der Waals surface area contributed by atoms with Crippen molar-refractivity contribution < 1.29 is 17.9 Å². The topological polar surface area (TPSA) is 78.6 Å². The van der Waals surface area contributed by atoms with E-state index in [9.17, 15) is 8.42 Å². The highest BCUT2D eigenvalue weighted by Crippen LogP contribution is 2.37. The van der Waals surface area contributed by atoms with Crippen LogP contribution in [0.1, 0.15) is 12.5 Å². The van der Waals surface area contributed by atoms with Gasteiger partial charge in [0.05, 0.1) is 14.2 Å². The molecule has 0 amide bonds. The monoisotopic (exact) mass is 273 g/mol. The van der Waals surface area contributed by atoms with Crippen molar-refractivity contribution in [3.8, 4) is 11.5 Å². The summed E-state index contributed by atoms with van der Waals surface area (Å²) in [7, 11) is -0.460. The molecule has 0 spiro atoms. The molecule has 0 saturated heterocycles. The van der Waals surface area contributed by atoms with Crippen molar-refractivity contribution in [2.75, 3.05) is 20.5 Å². The lowest BCUT2D eigenvalue weighted by Crippen LogP contribution is -2.18. The Morgan fingerprint density at radius 3 is 2.17 bits per heavy atom. The molecule has 1 atom stereocenters. The zero-order valence-electron chi connectivity index (χ0n) is 11.1. The van der Waals surface area contributed by atoms with Crippen LogP contribution in [0.25, 0.3) is 0 Å². The van der Waals surface area contributed by atoms with Crippen molar-refractivity contribution in [1.29, 1.82) is 0 Å². The first-order valence-electron chi connectivity index (χ1n) is 5.50. The molecule has 1 aromatic carbocycles. The molecule has 0 saturated carbocycles. The van der Waals surface area contributed by atoms with Gasteiger partial charge in [-0.2, -0.15) is 0 Å². The predicted molar refractivity (Wildman–Crippen MR) is 70.0 cm³/mol. The van der Waals surface area contributed by atoms with Gasteiger partial charge in [-0.25, -0.2) is 8.42 Å². The average molecular weight is 273 g/mol. The molecule has 0 heterocycles. The van der Waals surface area contributed by atoms with E-state index >= 15 is 0 Å². The number of methoxy groups -OCH3 is 2. The summed E-state index contributed by atoms with van der Waals surface area (Å²) in [4.78, 5) is 0.121. The van der Waals surface area contributed by atoms with E-state index in [2.05, 4.69) is 0 Å². The Labute approximate surface area is 108 Å². The Hall–Kier alpha value is -1.27. The quantitative estimate of drug-likeness (QED) is 0.865. The van der Waals surface area contributed by atoms with E-state index in [0.29, 0.717) is 12.2 Å². The second kappa shape index (κ2) is 5.58. The van der Waals surface area contributed by atoms with Gasteiger partial charge < -0.3 is 15.2 Å². The fraction of sp³-hybridized carbons (Fsp3) is 0.500. The molecule has 1 unspecified atom stereocenters. The third kappa shape index (κ3) is 3.14. The smallest absolute Gasteiger partial charge is 0.179 e. The maximum atomic E-state index is 11.7. The number of benzene rings is 1. The second-order valence-corrected chi connectivity index (χ2v) is 6.23. The first-order chi connectivity index (χ1) is 8.31. The highest BCUT2D eigenvalue weighted by molar-refractivity contribution is 7.90. The summed E-state index contributed by atoms with van der Waals surface area (Å²) in [5, 5.41) is 0. The van der Waals surface area contributed by atoms with Crippen LogP contribution < -0.4 is 15.2 Å². The highest BCUT2D eigenvalue weighted by atomic mass is 32.2. The fourth-order valence-corrected chi connectivity index (χ4v) is 2.63. The van der Waals surface area contributed by atoms with Gasteiger partial charge in [0.25, 0.3) is 0 Å². The minimum absolute atomic E-state index is 0.0484. The summed E-state index contributed by atoms with van der Waals surface area (Å²) in [6.07, 6.45) is 1.72. The highest BCUT2D eigenvalue weighted by Gasteiger charge is 2.21. The number of nitrogens with two attached hydrogens (primary N) is 1. The Kier molecular flexibility index (Phi) is 4.59. The van der Waals surface area contributed by atoms with Crippen molar-refractivity contribution in [3.05, 3.63) is 17.7 Å². The van der Waals surface area contributed by atoms with E-state index in [0.717, 1.165) is 11.8 Å². The van der Waals surface area contributed by atoms with Crippen LogP contribution in [-0.2, 0) is 16.3 Å². The fourth-order valence-electron chi connectivity index (χ4n) is 1.80. The zero-order chi connectivity index (χ0) is 13.9. The van der Waals surface area contributed by atoms with Crippen LogP contribution in [0, 0.1) is 0 Å². The van der Waals surface area contributed by atoms with Gasteiger partial charge in [0.1, 0.15) is 4.90 Å². The maximum absolute atomic E-state index is 11.7. The maximum Gasteiger partial charge on any atom is 0.179 e. The molecule has 0 aliphatic carbocycles. The molecule has 0 aromatic heterocycles. The summed E-state index contributed by atoms with van der Waals surface area (Å²) < 4.78 is 33.7. The van der Waals surface area contributed by atoms with Crippen LogP contribution in [0.3, 0.4) is 0 Å². The third-order valence-corrected chi connectivity index (χ3v) is 3.63. The Bertz CT molecular complexity index is 523. The first-order valence-corrected chi connectivity index (χ1v) is 7.40. The molecule has 0 radical (unpaired) electrons. The number of sulfone groups is 1. The SMILES string of the molecule is COc1c(CC(C)N)ccc(S(C)(=O)=O)c1OC. The first kappa shape index (κ1) is 14.8. The lowest BCUT2D eigenvalue weighted by molar-refractivity contribution is 0.343. The van der Waals surface area contributed by atoms with Gasteiger partial charge in [-0.1, -0.05) is 6.07 Å². The van der Waals surface area contributed by atoms with E-state index in [1.165, 1.54) is 20.3 Å². The summed E-state index contributed by atoms with van der Waals surface area (Å²) >= 11 is 0. The van der Waals surface area contributed by atoms with Gasteiger partial charge in [-0.05, 0) is 25.0 Å². The van der Waals surface area contributed by atoms with Gasteiger partial charge in [-0.15, -0.1) is 0 Å². The molecule has 102 valence electrons. The molecule has 0 aliphatic rings. The summed E-state index contributed by atoms with van der Waals surface area (Å²) in [6.45, 7) is 1.87. The molecule has 18 heavy (non-hydrogen) atoms. The van der Waals surface area contributed by atoms with Gasteiger partial charge in [-0.3, -0.25) is 0 Å². The molecule has 5 nitrogen and oxygen atoms in total. The number of hydrogen-bond donors (Lipinski definition) is 1. The normalized spacial score (nSPS) is 13.2. The molecule has 2 N–H and O–H groups in total. The lowest BCUT2D eigenvalue weighted by atomic mass is 10.1. The zero-order valence-corrected chi connectivity index (χ0v) is 11.9. The average Bonchev–Trinajstić information content (AvgIpc) is 2.25. The van der Waals surface area contributed by atoms with Gasteiger partial charge in [0, 0.05) is 12.3 Å². The number of rotatable bonds is 5. The lowest BCUT2D eigenvalue weighted by Gasteiger charge is -2.16. The van der Waals surface area contributed by atoms with Gasteiger partial charge in [0.15, 0.2) is 21.3 Å². The van der Waals surface area contributed by atoms with E-state index in [-0.39, 0.29) is 16.7 Å². The van der Waals surface area contributed by atoms with Crippen LogP contribution >= 0.6 is 0 Å². The Balaban J connectivity index is 3.46. The molecule has 1 aromatic rings. The summed E-state index contributed by atoms with van der Waals surface area (Å²) in [5.74, 6) is 0.663. The predicted octanol–water partition coefficient (Wildman–Crippen LogP) is 0.997. The largest absolute Gasteiger partial charge is 0.493 e. The molecule has 0 fully saturated rings. The molecule has 0 bridgehead atoms. The van der Waals surface area contributed by atoms with E-state index in [1.807, 2.05) is 6.92 Å². The van der Waals surface area contributed by atoms with E-state index < -0.39 is 9.84 Å². The van der Waals surface area contributed by atoms with Crippen molar-refractivity contribution >= 4 is 9.84 Å². The minimum atomic E-state index is -3.36. The molecular formula is C12H19NO4S. The van der Waals surface area contributed by atoms with Gasteiger partial charge in [0.2, 0.25) is 0 Å². The van der Waals surface area contributed by atoms with E-state index in [1.54, 1.807) is 6.07 Å². The van der Waals surface area contributed by atoms with Crippen molar-refractivity contribution in [3.63, 3.8) is 0 Å². The van der Waals surface area contributed by atoms with Crippen LogP contribution in [-0.4, -0.2) is 34.9 Å². The van der Waals surface area contributed by atoms with Crippen LogP contribution in [0.15, 0.2) is 17.0 Å². The van der Waals surface area contributed by atoms with Crippen LogP contribution in [0.5, 0.6) is 11.5 Å². The number of hydrogen-bond acceptors (Lipinski definition) is 5. The third-order valence-electron chi connectivity index (χ3n) is 2.51. The molecule has 1 rings (SSSR count). The second-order valence-electron chi connectivity index (χ2n) is 4.24. The van der Waals surface area contributed by atoms with Crippen molar-refractivity contribution in [2.45, 2.75) is 24.3 Å². The van der Waals surface area contributed by atoms with Crippen molar-refractivity contribution in [1.82, 2.24) is 0 Å². The molecule has 6 heteroatoms. The summed E-state index contributed by atoms with van der Waals surface area (Å²) in [5.41, 5.74) is 6.58.